The molecule has 0 saturated carbocycles. The summed E-state index contributed by atoms with van der Waals surface area (Å²) < 4.78 is 15.6. The molecule has 0 radical (unpaired) electrons. The van der Waals surface area contributed by atoms with Gasteiger partial charge in [0.25, 0.3) is 5.91 Å². The van der Waals surface area contributed by atoms with Crippen molar-refractivity contribution in [1.29, 1.82) is 0 Å². The van der Waals surface area contributed by atoms with Gasteiger partial charge in [-0.3, -0.25) is 9.59 Å². The van der Waals surface area contributed by atoms with Gasteiger partial charge in [-0.2, -0.15) is 0 Å². The van der Waals surface area contributed by atoms with Crippen molar-refractivity contribution >= 4 is 17.9 Å². The van der Waals surface area contributed by atoms with Crippen molar-refractivity contribution in [2.75, 3.05) is 33.9 Å². The minimum absolute atomic E-state index is 0.00322. The van der Waals surface area contributed by atoms with Gasteiger partial charge < -0.3 is 29.7 Å². The Labute approximate surface area is 183 Å². The first-order valence-electron chi connectivity index (χ1n) is 10.4. The number of hydrogen-bond acceptors (Lipinski definition) is 6. The molecule has 0 aliphatic carbocycles. The largest absolute Gasteiger partial charge is 0.493 e. The summed E-state index contributed by atoms with van der Waals surface area (Å²) in [6.45, 7) is 6.64. The molecule has 31 heavy (non-hydrogen) atoms. The minimum atomic E-state index is -0.575. The number of nitrogens with zero attached hydrogens (tertiary/aromatic N) is 1. The summed E-state index contributed by atoms with van der Waals surface area (Å²) in [6, 6.07) is 5.11. The van der Waals surface area contributed by atoms with Gasteiger partial charge in [0.05, 0.1) is 14.2 Å². The van der Waals surface area contributed by atoms with Crippen LogP contribution in [0.5, 0.6) is 11.5 Å². The second kappa shape index (κ2) is 10.9. The molecule has 9 nitrogen and oxygen atoms in total. The van der Waals surface area contributed by atoms with E-state index in [2.05, 4.69) is 10.6 Å². The molecule has 2 N–H and O–H groups in total. The van der Waals surface area contributed by atoms with Crippen molar-refractivity contribution in [2.24, 2.45) is 0 Å². The summed E-state index contributed by atoms with van der Waals surface area (Å²) in [5, 5.41) is 5.54. The van der Waals surface area contributed by atoms with Gasteiger partial charge in [0, 0.05) is 37.7 Å². The summed E-state index contributed by atoms with van der Waals surface area (Å²) in [4.78, 5) is 38.3. The Morgan fingerprint density at radius 3 is 2.29 bits per heavy atom. The van der Waals surface area contributed by atoms with Crippen LogP contribution in [0.2, 0.25) is 0 Å². The van der Waals surface area contributed by atoms with Gasteiger partial charge in [-0.1, -0.05) is 0 Å². The van der Waals surface area contributed by atoms with Gasteiger partial charge in [-0.05, 0) is 51.8 Å². The number of amides is 3. The summed E-state index contributed by atoms with van der Waals surface area (Å²) >= 11 is 0. The third-order valence-electron chi connectivity index (χ3n) is 4.80. The number of piperidine rings is 1. The Balaban J connectivity index is 1.75. The van der Waals surface area contributed by atoms with E-state index in [9.17, 15) is 14.4 Å². The number of methoxy groups -OCH3 is 2. The molecule has 1 saturated heterocycles. The van der Waals surface area contributed by atoms with E-state index in [0.29, 0.717) is 43.0 Å². The van der Waals surface area contributed by atoms with E-state index in [1.165, 1.54) is 7.11 Å². The zero-order valence-corrected chi connectivity index (χ0v) is 18.9. The summed E-state index contributed by atoms with van der Waals surface area (Å²) in [7, 11) is 3.08. The Bertz CT molecular complexity index is 782. The topological polar surface area (TPSA) is 106 Å². The minimum Gasteiger partial charge on any atom is -0.493 e. The number of carbonyl (C=O) groups is 3. The zero-order chi connectivity index (χ0) is 23.0. The van der Waals surface area contributed by atoms with Gasteiger partial charge in [0.15, 0.2) is 11.5 Å². The number of hydrogen-bond donors (Lipinski definition) is 2. The number of rotatable bonds is 7. The van der Waals surface area contributed by atoms with Crippen LogP contribution in [0.1, 0.15) is 50.4 Å². The molecular weight excluding hydrogens is 402 g/mol. The second-order valence-electron chi connectivity index (χ2n) is 8.38. The maximum atomic E-state index is 12.8. The molecule has 1 fully saturated rings. The Morgan fingerprint density at radius 2 is 1.71 bits per heavy atom. The lowest BCUT2D eigenvalue weighted by Crippen LogP contribution is -2.47. The average Bonchev–Trinajstić information content (AvgIpc) is 2.72. The second-order valence-corrected chi connectivity index (χ2v) is 8.38. The molecule has 1 aromatic rings. The lowest BCUT2D eigenvalue weighted by molar-refractivity contribution is -0.121. The average molecular weight is 436 g/mol. The normalized spacial score (nSPS) is 14.5. The lowest BCUT2D eigenvalue weighted by Gasteiger charge is -2.32. The van der Waals surface area contributed by atoms with Crippen molar-refractivity contribution in [1.82, 2.24) is 15.5 Å². The fourth-order valence-corrected chi connectivity index (χ4v) is 3.27. The van der Waals surface area contributed by atoms with Gasteiger partial charge in [-0.15, -0.1) is 0 Å². The molecule has 3 amide bonds. The van der Waals surface area contributed by atoms with E-state index in [1.54, 1.807) is 51.0 Å². The van der Waals surface area contributed by atoms with Crippen LogP contribution in [-0.2, 0) is 9.53 Å². The number of likely N-dealkylation sites (tertiary alicyclic amines) is 1. The first-order valence-corrected chi connectivity index (χ1v) is 10.4. The Hall–Kier alpha value is -2.97. The van der Waals surface area contributed by atoms with E-state index < -0.39 is 11.7 Å². The quantitative estimate of drug-likeness (QED) is 0.681. The maximum Gasteiger partial charge on any atom is 0.407 e. The number of carbonyl (C=O) groups excluding carboxylic acids is 3. The van der Waals surface area contributed by atoms with Gasteiger partial charge in [0.1, 0.15) is 5.60 Å². The molecule has 0 aromatic heterocycles. The first-order chi connectivity index (χ1) is 14.6. The van der Waals surface area contributed by atoms with Gasteiger partial charge in [-0.25, -0.2) is 4.79 Å². The predicted molar refractivity (Wildman–Crippen MR) is 115 cm³/mol. The fourth-order valence-electron chi connectivity index (χ4n) is 3.27. The first kappa shape index (κ1) is 24.3. The summed E-state index contributed by atoms with van der Waals surface area (Å²) in [6.07, 6.45) is 0.973. The zero-order valence-electron chi connectivity index (χ0n) is 18.9. The third-order valence-corrected chi connectivity index (χ3v) is 4.80. The number of benzene rings is 1. The number of alkyl carbamates (subject to hydrolysis) is 1. The number of ether oxygens (including phenoxy) is 3. The van der Waals surface area contributed by atoms with E-state index in [0.717, 1.165) is 0 Å². The highest BCUT2D eigenvalue weighted by atomic mass is 16.6. The highest BCUT2D eigenvalue weighted by molar-refractivity contribution is 5.95. The molecule has 1 aliphatic heterocycles. The predicted octanol–water partition coefficient (Wildman–Crippen LogP) is 2.34. The molecule has 1 aliphatic rings. The van der Waals surface area contributed by atoms with Crippen LogP contribution in [0.15, 0.2) is 18.2 Å². The van der Waals surface area contributed by atoms with Crippen molar-refractivity contribution < 1.29 is 28.6 Å². The van der Waals surface area contributed by atoms with Gasteiger partial charge in [0.2, 0.25) is 5.91 Å². The van der Waals surface area contributed by atoms with Crippen molar-refractivity contribution in [2.45, 2.75) is 51.7 Å². The van der Waals surface area contributed by atoms with E-state index >= 15 is 0 Å². The van der Waals surface area contributed by atoms with Crippen LogP contribution in [0.3, 0.4) is 0 Å². The molecule has 1 heterocycles. The highest BCUT2D eigenvalue weighted by Crippen LogP contribution is 2.28. The van der Waals surface area contributed by atoms with Gasteiger partial charge >= 0.3 is 6.09 Å². The van der Waals surface area contributed by atoms with E-state index in [1.807, 2.05) is 0 Å². The maximum absolute atomic E-state index is 12.8. The molecule has 0 unspecified atom stereocenters. The SMILES string of the molecule is COc1ccc(C(=O)N2CCC(NC(=O)CCNC(=O)OC(C)(C)C)CC2)cc1OC. The van der Waals surface area contributed by atoms with Crippen LogP contribution < -0.4 is 20.1 Å². The lowest BCUT2D eigenvalue weighted by atomic mass is 10.0. The molecule has 1 aromatic carbocycles. The molecular formula is C22H33N3O6. The standard InChI is InChI=1S/C22H33N3O6/c1-22(2,3)31-21(28)23-11-8-19(26)24-16-9-12-25(13-10-16)20(27)15-6-7-17(29-4)18(14-15)30-5/h6-7,14,16H,8-13H2,1-5H3,(H,23,28)(H,24,26). The Kier molecular flexibility index (Phi) is 8.53. The van der Waals surface area contributed by atoms with Crippen LogP contribution >= 0.6 is 0 Å². The smallest absolute Gasteiger partial charge is 0.407 e. The molecule has 0 bridgehead atoms. The van der Waals surface area contributed by atoms with Crippen molar-refractivity contribution in [3.05, 3.63) is 23.8 Å². The van der Waals surface area contributed by atoms with E-state index in [-0.39, 0.29) is 30.8 Å². The summed E-state index contributed by atoms with van der Waals surface area (Å²) in [5.41, 5.74) is -0.0392. The van der Waals surface area contributed by atoms with Crippen LogP contribution in [0.4, 0.5) is 4.79 Å². The molecule has 9 heteroatoms. The van der Waals surface area contributed by atoms with Crippen LogP contribution in [0.25, 0.3) is 0 Å². The molecule has 2 rings (SSSR count). The van der Waals surface area contributed by atoms with E-state index in [4.69, 9.17) is 14.2 Å². The monoisotopic (exact) mass is 435 g/mol. The Morgan fingerprint density at radius 1 is 1.06 bits per heavy atom. The summed E-state index contributed by atoms with van der Waals surface area (Å²) in [5.74, 6) is 0.866. The molecule has 172 valence electrons. The van der Waals surface area contributed by atoms with Crippen LogP contribution in [0, 0.1) is 0 Å². The highest BCUT2D eigenvalue weighted by Gasteiger charge is 2.25. The van der Waals surface area contributed by atoms with Crippen LogP contribution in [-0.4, -0.2) is 68.3 Å². The molecule has 0 atom stereocenters. The third kappa shape index (κ3) is 7.66. The number of nitrogens with one attached hydrogen (secondary N) is 2. The fraction of sp³-hybridized carbons (Fsp3) is 0.591. The van der Waals surface area contributed by atoms with Crippen molar-refractivity contribution in [3.63, 3.8) is 0 Å². The van der Waals surface area contributed by atoms with Crippen molar-refractivity contribution in [3.8, 4) is 11.5 Å². The molecule has 0 spiro atoms.